The van der Waals surface area contributed by atoms with Gasteiger partial charge in [-0.05, 0) is 35.6 Å². The van der Waals surface area contributed by atoms with Crippen LogP contribution in [0.3, 0.4) is 0 Å². The zero-order valence-electron chi connectivity index (χ0n) is 8.74. The van der Waals surface area contributed by atoms with Gasteiger partial charge in [-0.2, -0.15) is 0 Å². The van der Waals surface area contributed by atoms with E-state index in [9.17, 15) is 0 Å². The van der Waals surface area contributed by atoms with E-state index in [1.165, 1.54) is 22.5 Å². The first-order valence-electron chi connectivity index (χ1n) is 5.41. The Morgan fingerprint density at radius 2 is 2.25 bits per heavy atom. The number of hydrogen-bond acceptors (Lipinski definition) is 2. The highest BCUT2D eigenvalue weighted by atomic mass is 79.9. The third-order valence-electron chi connectivity index (χ3n) is 3.03. The number of nitrogens with one attached hydrogen (secondary N) is 1. The number of anilines is 1. The fourth-order valence-corrected chi connectivity index (χ4v) is 3.52. The summed E-state index contributed by atoms with van der Waals surface area (Å²) < 4.78 is 1.14. The second-order valence-electron chi connectivity index (χ2n) is 4.02. The molecule has 1 nitrogen and oxygen atoms in total. The van der Waals surface area contributed by atoms with Crippen molar-refractivity contribution in [3.05, 3.63) is 50.6 Å². The Kier molecular flexibility index (Phi) is 2.74. The second kappa shape index (κ2) is 4.22. The molecule has 82 valence electrons. The molecule has 0 bridgehead atoms. The highest BCUT2D eigenvalue weighted by Crippen LogP contribution is 2.39. The Balaban J connectivity index is 2.06. The molecule has 1 aromatic heterocycles. The van der Waals surface area contributed by atoms with Crippen molar-refractivity contribution in [3.63, 3.8) is 0 Å². The second-order valence-corrected chi connectivity index (χ2v) is 5.91. The molecule has 0 amide bonds. The summed E-state index contributed by atoms with van der Waals surface area (Å²) in [7, 11) is 0. The topological polar surface area (TPSA) is 12.0 Å². The Morgan fingerprint density at radius 3 is 3.06 bits per heavy atom. The van der Waals surface area contributed by atoms with E-state index in [4.69, 9.17) is 0 Å². The molecule has 16 heavy (non-hydrogen) atoms. The number of hydrogen-bond donors (Lipinski definition) is 1. The van der Waals surface area contributed by atoms with Crippen LogP contribution in [0.15, 0.2) is 40.2 Å². The number of thiophene rings is 1. The Morgan fingerprint density at radius 1 is 1.31 bits per heavy atom. The van der Waals surface area contributed by atoms with E-state index in [0.717, 1.165) is 11.0 Å². The number of rotatable bonds is 1. The van der Waals surface area contributed by atoms with Crippen molar-refractivity contribution in [1.29, 1.82) is 0 Å². The first-order chi connectivity index (χ1) is 7.84. The fraction of sp³-hybridized carbons (Fsp3) is 0.231. The summed E-state index contributed by atoms with van der Waals surface area (Å²) in [6, 6.07) is 10.9. The first kappa shape index (κ1) is 10.4. The Bertz CT molecular complexity index is 493. The van der Waals surface area contributed by atoms with E-state index in [2.05, 4.69) is 57.0 Å². The van der Waals surface area contributed by atoms with Crippen LogP contribution in [0.25, 0.3) is 0 Å². The molecule has 0 fully saturated rings. The SMILES string of the molecule is Brc1ccc2c(c1)NCCC2c1cccs1. The maximum Gasteiger partial charge on any atom is 0.0390 e. The van der Waals surface area contributed by atoms with Crippen LogP contribution in [0.5, 0.6) is 0 Å². The van der Waals surface area contributed by atoms with Gasteiger partial charge in [-0.1, -0.05) is 28.1 Å². The molecule has 1 aromatic carbocycles. The van der Waals surface area contributed by atoms with Gasteiger partial charge >= 0.3 is 0 Å². The molecule has 0 saturated carbocycles. The van der Waals surface area contributed by atoms with Gasteiger partial charge in [0.05, 0.1) is 0 Å². The van der Waals surface area contributed by atoms with Crippen molar-refractivity contribution < 1.29 is 0 Å². The van der Waals surface area contributed by atoms with E-state index in [-0.39, 0.29) is 0 Å². The van der Waals surface area contributed by atoms with Gasteiger partial charge in [-0.3, -0.25) is 0 Å². The number of benzene rings is 1. The van der Waals surface area contributed by atoms with Crippen molar-refractivity contribution in [2.24, 2.45) is 0 Å². The quantitative estimate of drug-likeness (QED) is 0.819. The minimum Gasteiger partial charge on any atom is -0.385 e. The maximum atomic E-state index is 3.52. The molecule has 1 unspecified atom stereocenters. The molecule has 1 N–H and O–H groups in total. The van der Waals surface area contributed by atoms with Crippen LogP contribution in [0.2, 0.25) is 0 Å². The molecule has 3 heteroatoms. The van der Waals surface area contributed by atoms with Crippen molar-refractivity contribution in [2.45, 2.75) is 12.3 Å². The Labute approximate surface area is 108 Å². The van der Waals surface area contributed by atoms with E-state index in [1.54, 1.807) is 0 Å². The molecule has 1 aliphatic heterocycles. The number of fused-ring (bicyclic) bond motifs is 1. The van der Waals surface area contributed by atoms with Crippen LogP contribution in [0, 0.1) is 0 Å². The van der Waals surface area contributed by atoms with Gasteiger partial charge in [0.1, 0.15) is 0 Å². The molecule has 2 heterocycles. The lowest BCUT2D eigenvalue weighted by Crippen LogP contribution is -2.16. The summed E-state index contributed by atoms with van der Waals surface area (Å²) in [6.07, 6.45) is 1.19. The maximum absolute atomic E-state index is 3.52. The van der Waals surface area contributed by atoms with Crippen LogP contribution >= 0.6 is 27.3 Å². The smallest absolute Gasteiger partial charge is 0.0390 e. The van der Waals surface area contributed by atoms with E-state index < -0.39 is 0 Å². The van der Waals surface area contributed by atoms with Gasteiger partial charge in [0, 0.05) is 27.5 Å². The molecule has 2 aromatic rings. The molecule has 1 atom stereocenters. The minimum absolute atomic E-state index is 0.573. The highest BCUT2D eigenvalue weighted by Gasteiger charge is 2.22. The van der Waals surface area contributed by atoms with Crippen LogP contribution in [-0.2, 0) is 0 Å². The monoisotopic (exact) mass is 293 g/mol. The van der Waals surface area contributed by atoms with Gasteiger partial charge < -0.3 is 5.32 Å². The molecule has 1 aliphatic rings. The van der Waals surface area contributed by atoms with E-state index in [0.29, 0.717) is 5.92 Å². The van der Waals surface area contributed by atoms with Gasteiger partial charge in [-0.15, -0.1) is 11.3 Å². The first-order valence-corrected chi connectivity index (χ1v) is 7.08. The molecule has 0 radical (unpaired) electrons. The van der Waals surface area contributed by atoms with Crippen LogP contribution in [-0.4, -0.2) is 6.54 Å². The van der Waals surface area contributed by atoms with Crippen molar-refractivity contribution in [1.82, 2.24) is 0 Å². The summed E-state index contributed by atoms with van der Waals surface area (Å²) >= 11 is 5.38. The molecule has 3 rings (SSSR count). The lowest BCUT2D eigenvalue weighted by molar-refractivity contribution is 0.731. The summed E-state index contributed by atoms with van der Waals surface area (Å²) in [6.45, 7) is 1.06. The largest absolute Gasteiger partial charge is 0.385 e. The van der Waals surface area contributed by atoms with Gasteiger partial charge in [0.2, 0.25) is 0 Å². The predicted molar refractivity (Wildman–Crippen MR) is 73.4 cm³/mol. The summed E-state index contributed by atoms with van der Waals surface area (Å²) in [4.78, 5) is 1.48. The summed E-state index contributed by atoms with van der Waals surface area (Å²) in [5.74, 6) is 0.573. The zero-order chi connectivity index (χ0) is 11.0. The van der Waals surface area contributed by atoms with E-state index in [1.807, 2.05) is 11.3 Å². The lowest BCUT2D eigenvalue weighted by Gasteiger charge is -2.26. The fourth-order valence-electron chi connectivity index (χ4n) is 2.28. The average Bonchev–Trinajstić information content (AvgIpc) is 2.81. The molecular formula is C13H12BrNS. The standard InChI is InChI=1S/C13H12BrNS/c14-9-3-4-10-11(13-2-1-7-16-13)5-6-15-12(10)8-9/h1-4,7-8,11,15H,5-6H2. The molecule has 0 aliphatic carbocycles. The molecular weight excluding hydrogens is 282 g/mol. The van der Waals surface area contributed by atoms with Crippen LogP contribution < -0.4 is 5.32 Å². The third-order valence-corrected chi connectivity index (χ3v) is 4.51. The van der Waals surface area contributed by atoms with Crippen LogP contribution in [0.4, 0.5) is 5.69 Å². The normalized spacial score (nSPS) is 18.9. The van der Waals surface area contributed by atoms with Crippen molar-refractivity contribution in [2.75, 3.05) is 11.9 Å². The van der Waals surface area contributed by atoms with Gasteiger partial charge in [-0.25, -0.2) is 0 Å². The van der Waals surface area contributed by atoms with Crippen molar-refractivity contribution in [3.8, 4) is 0 Å². The van der Waals surface area contributed by atoms with Gasteiger partial charge in [0.15, 0.2) is 0 Å². The van der Waals surface area contributed by atoms with E-state index >= 15 is 0 Å². The summed E-state index contributed by atoms with van der Waals surface area (Å²) in [5, 5.41) is 5.63. The zero-order valence-corrected chi connectivity index (χ0v) is 11.1. The average molecular weight is 294 g/mol. The Hall–Kier alpha value is -0.800. The van der Waals surface area contributed by atoms with Crippen molar-refractivity contribution >= 4 is 33.0 Å². The highest BCUT2D eigenvalue weighted by molar-refractivity contribution is 9.10. The minimum atomic E-state index is 0.573. The predicted octanol–water partition coefficient (Wildman–Crippen LogP) is 4.46. The lowest BCUT2D eigenvalue weighted by atomic mass is 9.90. The molecule has 0 spiro atoms. The van der Waals surface area contributed by atoms with Gasteiger partial charge in [0.25, 0.3) is 0 Å². The summed E-state index contributed by atoms with van der Waals surface area (Å²) in [5.41, 5.74) is 2.70. The third kappa shape index (κ3) is 1.78. The van der Waals surface area contributed by atoms with Crippen LogP contribution in [0.1, 0.15) is 22.8 Å². The molecule has 0 saturated heterocycles. The number of halogens is 1.